The molecule has 0 saturated carbocycles. The molecule has 0 atom stereocenters. The minimum absolute atomic E-state index is 0.166. The summed E-state index contributed by atoms with van der Waals surface area (Å²) in [7, 11) is 0. The molecule has 16 heavy (non-hydrogen) atoms. The van der Waals surface area contributed by atoms with Crippen molar-refractivity contribution >= 4 is 5.78 Å². The van der Waals surface area contributed by atoms with E-state index in [1.165, 1.54) is 5.56 Å². The zero-order valence-corrected chi connectivity index (χ0v) is 10.5. The monoisotopic (exact) mass is 220 g/mol. The van der Waals surface area contributed by atoms with Gasteiger partial charge in [-0.15, -0.1) is 0 Å². The molecule has 0 aromatic heterocycles. The van der Waals surface area contributed by atoms with E-state index in [4.69, 9.17) is 4.74 Å². The summed E-state index contributed by atoms with van der Waals surface area (Å²) in [6.45, 7) is 7.70. The second-order valence-electron chi connectivity index (χ2n) is 5.06. The van der Waals surface area contributed by atoms with Crippen molar-refractivity contribution in [3.63, 3.8) is 0 Å². The number of carbonyl (C=O) groups excluding carboxylic acids is 1. The lowest BCUT2D eigenvalue weighted by Crippen LogP contribution is -2.22. The van der Waals surface area contributed by atoms with Crippen molar-refractivity contribution < 1.29 is 9.53 Å². The molecular formula is C14H20O2. The number of hydrogen-bond acceptors (Lipinski definition) is 2. The number of Topliss-reactive ketones (excluding diaryl/α,β-unsaturated/α-hetero) is 1. The van der Waals surface area contributed by atoms with Gasteiger partial charge in [-0.3, -0.25) is 0 Å². The van der Waals surface area contributed by atoms with Crippen molar-refractivity contribution in [1.82, 2.24) is 0 Å². The van der Waals surface area contributed by atoms with Crippen LogP contribution in [0.25, 0.3) is 0 Å². The lowest BCUT2D eigenvalue weighted by molar-refractivity contribution is -0.116. The summed E-state index contributed by atoms with van der Waals surface area (Å²) >= 11 is 0. The van der Waals surface area contributed by atoms with Crippen LogP contribution in [0.5, 0.6) is 5.75 Å². The second-order valence-corrected chi connectivity index (χ2v) is 5.06. The Kier molecular flexibility index (Phi) is 4.11. The molecule has 1 rings (SSSR count). The number of benzene rings is 1. The highest BCUT2D eigenvalue weighted by molar-refractivity contribution is 5.75. The predicted molar refractivity (Wildman–Crippen MR) is 65.8 cm³/mol. The SMILES string of the molecule is CC(=O)CCc1ccc(OC(C)(C)C)cc1. The maximum atomic E-state index is 10.8. The van der Waals surface area contributed by atoms with Crippen LogP contribution >= 0.6 is 0 Å². The summed E-state index contributed by atoms with van der Waals surface area (Å²) < 4.78 is 5.72. The van der Waals surface area contributed by atoms with Crippen molar-refractivity contribution in [2.75, 3.05) is 0 Å². The number of carbonyl (C=O) groups is 1. The smallest absolute Gasteiger partial charge is 0.130 e. The van der Waals surface area contributed by atoms with Gasteiger partial charge in [0.25, 0.3) is 0 Å². The van der Waals surface area contributed by atoms with Gasteiger partial charge in [-0.2, -0.15) is 0 Å². The molecule has 0 spiro atoms. The number of aryl methyl sites for hydroxylation is 1. The summed E-state index contributed by atoms with van der Waals surface area (Å²) in [6, 6.07) is 7.95. The van der Waals surface area contributed by atoms with Gasteiger partial charge in [0.15, 0.2) is 0 Å². The third-order valence-corrected chi connectivity index (χ3v) is 2.11. The fourth-order valence-electron chi connectivity index (χ4n) is 1.40. The van der Waals surface area contributed by atoms with Crippen LogP contribution in [-0.4, -0.2) is 11.4 Å². The highest BCUT2D eigenvalue weighted by Gasteiger charge is 2.11. The van der Waals surface area contributed by atoms with E-state index in [1.54, 1.807) is 6.92 Å². The topological polar surface area (TPSA) is 26.3 Å². The normalized spacial score (nSPS) is 11.2. The van der Waals surface area contributed by atoms with E-state index in [0.717, 1.165) is 12.2 Å². The van der Waals surface area contributed by atoms with Crippen LogP contribution in [0.3, 0.4) is 0 Å². The van der Waals surface area contributed by atoms with Gasteiger partial charge in [0.1, 0.15) is 17.1 Å². The van der Waals surface area contributed by atoms with Crippen LogP contribution in [0, 0.1) is 0 Å². The van der Waals surface area contributed by atoms with Crippen molar-refractivity contribution in [3.8, 4) is 5.75 Å². The molecule has 0 bridgehead atoms. The largest absolute Gasteiger partial charge is 0.488 e. The summed E-state index contributed by atoms with van der Waals surface area (Å²) in [5.74, 6) is 1.11. The van der Waals surface area contributed by atoms with E-state index in [-0.39, 0.29) is 11.4 Å². The van der Waals surface area contributed by atoms with Gasteiger partial charge in [-0.05, 0) is 51.8 Å². The average Bonchev–Trinajstić information content (AvgIpc) is 2.14. The minimum Gasteiger partial charge on any atom is -0.488 e. The average molecular weight is 220 g/mol. The first-order valence-corrected chi connectivity index (χ1v) is 5.64. The first kappa shape index (κ1) is 12.8. The first-order chi connectivity index (χ1) is 7.37. The zero-order valence-electron chi connectivity index (χ0n) is 10.5. The minimum atomic E-state index is -0.166. The van der Waals surface area contributed by atoms with E-state index in [2.05, 4.69) is 0 Å². The fourth-order valence-corrected chi connectivity index (χ4v) is 1.40. The number of rotatable bonds is 4. The molecule has 88 valence electrons. The van der Waals surface area contributed by atoms with Gasteiger partial charge < -0.3 is 9.53 Å². The molecule has 1 aromatic rings. The van der Waals surface area contributed by atoms with Crippen molar-refractivity contribution in [2.45, 2.75) is 46.1 Å². The van der Waals surface area contributed by atoms with E-state index >= 15 is 0 Å². The lowest BCUT2D eigenvalue weighted by Gasteiger charge is -2.21. The summed E-state index contributed by atoms with van der Waals surface area (Å²) in [5, 5.41) is 0. The van der Waals surface area contributed by atoms with E-state index in [0.29, 0.717) is 6.42 Å². The van der Waals surface area contributed by atoms with Crippen molar-refractivity contribution in [1.29, 1.82) is 0 Å². The number of hydrogen-bond donors (Lipinski definition) is 0. The Morgan fingerprint density at radius 1 is 1.19 bits per heavy atom. The Balaban J connectivity index is 2.57. The fraction of sp³-hybridized carbons (Fsp3) is 0.500. The molecule has 0 aliphatic carbocycles. The van der Waals surface area contributed by atoms with Gasteiger partial charge in [0, 0.05) is 6.42 Å². The Morgan fingerprint density at radius 2 is 1.75 bits per heavy atom. The van der Waals surface area contributed by atoms with Crippen molar-refractivity contribution in [2.24, 2.45) is 0 Å². The van der Waals surface area contributed by atoms with Crippen molar-refractivity contribution in [3.05, 3.63) is 29.8 Å². The molecule has 0 aliphatic heterocycles. The predicted octanol–water partition coefficient (Wildman–Crippen LogP) is 3.39. The van der Waals surface area contributed by atoms with Crippen LogP contribution in [0.1, 0.15) is 39.7 Å². The molecular weight excluding hydrogens is 200 g/mol. The molecule has 1 aromatic carbocycles. The van der Waals surface area contributed by atoms with Gasteiger partial charge >= 0.3 is 0 Å². The zero-order chi connectivity index (χ0) is 12.2. The highest BCUT2D eigenvalue weighted by atomic mass is 16.5. The Bertz CT molecular complexity index is 344. The van der Waals surface area contributed by atoms with Crippen LogP contribution in [0.15, 0.2) is 24.3 Å². The van der Waals surface area contributed by atoms with Gasteiger partial charge in [0.2, 0.25) is 0 Å². The molecule has 2 heteroatoms. The molecule has 0 radical (unpaired) electrons. The van der Waals surface area contributed by atoms with Crippen LogP contribution < -0.4 is 4.74 Å². The van der Waals surface area contributed by atoms with Gasteiger partial charge in [0.05, 0.1) is 0 Å². The number of ether oxygens (including phenoxy) is 1. The molecule has 0 aliphatic rings. The molecule has 0 heterocycles. The maximum absolute atomic E-state index is 10.8. The molecule has 2 nitrogen and oxygen atoms in total. The lowest BCUT2D eigenvalue weighted by atomic mass is 10.1. The molecule has 0 amide bonds. The Labute approximate surface area is 97.6 Å². The maximum Gasteiger partial charge on any atom is 0.130 e. The molecule has 0 N–H and O–H groups in total. The Hall–Kier alpha value is -1.31. The molecule has 0 saturated heterocycles. The van der Waals surface area contributed by atoms with E-state index in [9.17, 15) is 4.79 Å². The molecule has 0 unspecified atom stereocenters. The third-order valence-electron chi connectivity index (χ3n) is 2.11. The molecule has 0 fully saturated rings. The van der Waals surface area contributed by atoms with Crippen LogP contribution in [0.4, 0.5) is 0 Å². The standard InChI is InChI=1S/C14H20O2/c1-11(15)5-6-12-7-9-13(10-8-12)16-14(2,3)4/h7-10H,5-6H2,1-4H3. The number of ketones is 1. The summed E-state index contributed by atoms with van der Waals surface area (Å²) in [5.41, 5.74) is 1.01. The third kappa shape index (κ3) is 4.96. The van der Waals surface area contributed by atoms with Crippen LogP contribution in [-0.2, 0) is 11.2 Å². The van der Waals surface area contributed by atoms with E-state index in [1.807, 2.05) is 45.0 Å². The highest BCUT2D eigenvalue weighted by Crippen LogP contribution is 2.18. The first-order valence-electron chi connectivity index (χ1n) is 5.64. The second kappa shape index (κ2) is 5.15. The van der Waals surface area contributed by atoms with Gasteiger partial charge in [-0.1, -0.05) is 12.1 Å². The summed E-state index contributed by atoms with van der Waals surface area (Å²) in [4.78, 5) is 10.8. The van der Waals surface area contributed by atoms with E-state index < -0.39 is 0 Å². The van der Waals surface area contributed by atoms with Crippen LogP contribution in [0.2, 0.25) is 0 Å². The van der Waals surface area contributed by atoms with Gasteiger partial charge in [-0.25, -0.2) is 0 Å². The quantitative estimate of drug-likeness (QED) is 0.777. The Morgan fingerprint density at radius 3 is 2.19 bits per heavy atom. The summed E-state index contributed by atoms with van der Waals surface area (Å²) in [6.07, 6.45) is 1.42.